The molecule has 1 aromatic carbocycles. The van der Waals surface area contributed by atoms with Gasteiger partial charge in [0.1, 0.15) is 5.75 Å². The van der Waals surface area contributed by atoms with E-state index in [4.69, 9.17) is 4.74 Å². The number of ether oxygens (including phenoxy) is 1. The minimum absolute atomic E-state index is 0.102. The number of thiol groups is 1. The summed E-state index contributed by atoms with van der Waals surface area (Å²) in [6.45, 7) is 0. The van der Waals surface area contributed by atoms with Gasteiger partial charge in [0.05, 0.1) is 15.1 Å². The molecule has 3 aromatic rings. The molecule has 0 radical (unpaired) electrons. The van der Waals surface area contributed by atoms with Gasteiger partial charge in [0, 0.05) is 31.1 Å². The minimum Gasteiger partial charge on any atom is -0.453 e. The Morgan fingerprint density at radius 3 is 2.83 bits per heavy atom. The van der Waals surface area contributed by atoms with Crippen LogP contribution in [0.15, 0.2) is 36.5 Å². The van der Waals surface area contributed by atoms with Gasteiger partial charge < -0.3 is 10.1 Å². The summed E-state index contributed by atoms with van der Waals surface area (Å²) in [7, 11) is 1.71. The Balaban J connectivity index is 2.00. The lowest BCUT2D eigenvalue weighted by Gasteiger charge is -2.08. The standard InChI is InChI=1S/C15H12FN3O2S2/c1-17-8-2-3-11(9(16)6-8)21-12-4-5-18-10-7-13(15(20)19-22)23-14(10)12/h2-7,17,22H,1H3,(H,19,20). The summed E-state index contributed by atoms with van der Waals surface area (Å²) in [4.78, 5) is 16.3. The van der Waals surface area contributed by atoms with Crippen LogP contribution in [0, 0.1) is 5.82 Å². The zero-order valence-electron chi connectivity index (χ0n) is 12.0. The first-order chi connectivity index (χ1) is 11.1. The lowest BCUT2D eigenvalue weighted by Crippen LogP contribution is -2.10. The number of carbonyl (C=O) groups is 1. The smallest absolute Gasteiger partial charge is 0.271 e. The minimum atomic E-state index is -0.480. The Kier molecular flexibility index (Phi) is 4.35. The molecule has 2 N–H and O–H groups in total. The van der Waals surface area contributed by atoms with E-state index in [2.05, 4.69) is 27.8 Å². The van der Waals surface area contributed by atoms with Crippen molar-refractivity contribution in [1.29, 1.82) is 0 Å². The van der Waals surface area contributed by atoms with Gasteiger partial charge in [-0.3, -0.25) is 14.5 Å². The SMILES string of the molecule is CNc1ccc(Oc2ccnc3cc(C(=O)NS)sc23)c(F)c1. The molecular weight excluding hydrogens is 337 g/mol. The predicted octanol–water partition coefficient (Wildman–Crippen LogP) is 3.84. The third-order valence-corrected chi connectivity index (χ3v) is 4.48. The normalized spacial score (nSPS) is 10.6. The molecule has 0 fully saturated rings. The van der Waals surface area contributed by atoms with Crippen LogP contribution < -0.4 is 14.8 Å². The number of nitrogens with one attached hydrogen (secondary N) is 2. The number of aromatic nitrogens is 1. The first-order valence-electron chi connectivity index (χ1n) is 6.60. The van der Waals surface area contributed by atoms with Crippen LogP contribution in [0.4, 0.5) is 10.1 Å². The van der Waals surface area contributed by atoms with Crippen LogP contribution in [-0.2, 0) is 0 Å². The number of benzene rings is 1. The molecule has 3 rings (SSSR count). The molecule has 0 aliphatic carbocycles. The van der Waals surface area contributed by atoms with Gasteiger partial charge in [-0.05, 0) is 18.2 Å². The third kappa shape index (κ3) is 3.08. The summed E-state index contributed by atoms with van der Waals surface area (Å²) in [6, 6.07) is 7.88. The van der Waals surface area contributed by atoms with Crippen molar-refractivity contribution < 1.29 is 13.9 Å². The van der Waals surface area contributed by atoms with Crippen molar-refractivity contribution in [3.8, 4) is 11.5 Å². The number of pyridine rings is 1. The lowest BCUT2D eigenvalue weighted by molar-refractivity contribution is 0.0989. The molecule has 2 aromatic heterocycles. The molecular formula is C15H12FN3O2S2. The van der Waals surface area contributed by atoms with Crippen LogP contribution in [0.25, 0.3) is 10.2 Å². The molecule has 2 heterocycles. The number of rotatable bonds is 4. The van der Waals surface area contributed by atoms with E-state index in [1.165, 1.54) is 17.4 Å². The summed E-state index contributed by atoms with van der Waals surface area (Å²) in [5.74, 6) is -0.266. The van der Waals surface area contributed by atoms with Gasteiger partial charge in [0.25, 0.3) is 5.91 Å². The highest BCUT2D eigenvalue weighted by atomic mass is 32.1. The number of hydrogen-bond acceptors (Lipinski definition) is 6. The zero-order valence-corrected chi connectivity index (χ0v) is 13.7. The fourth-order valence-electron chi connectivity index (χ4n) is 2.02. The Hall–Kier alpha value is -2.32. The Morgan fingerprint density at radius 2 is 2.13 bits per heavy atom. The predicted molar refractivity (Wildman–Crippen MR) is 92.1 cm³/mol. The van der Waals surface area contributed by atoms with E-state index in [1.807, 2.05) is 0 Å². The lowest BCUT2D eigenvalue weighted by atomic mass is 10.3. The van der Waals surface area contributed by atoms with Crippen molar-refractivity contribution >= 4 is 46.0 Å². The fourth-order valence-corrected chi connectivity index (χ4v) is 3.18. The number of anilines is 1. The van der Waals surface area contributed by atoms with Crippen molar-refractivity contribution in [3.63, 3.8) is 0 Å². The van der Waals surface area contributed by atoms with Gasteiger partial charge in [-0.2, -0.15) is 0 Å². The highest BCUT2D eigenvalue weighted by molar-refractivity contribution is 7.78. The second kappa shape index (κ2) is 6.43. The first kappa shape index (κ1) is 15.6. The van der Waals surface area contributed by atoms with Crippen LogP contribution in [0.5, 0.6) is 11.5 Å². The number of amides is 1. The molecule has 0 aliphatic rings. The summed E-state index contributed by atoms with van der Waals surface area (Å²) in [5.41, 5.74) is 1.25. The van der Waals surface area contributed by atoms with E-state index >= 15 is 0 Å². The number of halogens is 1. The maximum atomic E-state index is 14.1. The largest absolute Gasteiger partial charge is 0.453 e. The molecule has 0 aliphatic heterocycles. The molecule has 0 bridgehead atoms. The second-order valence-electron chi connectivity index (χ2n) is 4.57. The molecule has 5 nitrogen and oxygen atoms in total. The van der Waals surface area contributed by atoms with Crippen LogP contribution >= 0.6 is 24.2 Å². The van der Waals surface area contributed by atoms with Crippen molar-refractivity contribution in [3.05, 3.63) is 47.2 Å². The van der Waals surface area contributed by atoms with Gasteiger partial charge in [-0.1, -0.05) is 12.8 Å². The van der Waals surface area contributed by atoms with Crippen LogP contribution in [0.1, 0.15) is 9.67 Å². The molecule has 0 saturated carbocycles. The molecule has 0 saturated heterocycles. The number of fused-ring (bicyclic) bond motifs is 1. The molecule has 23 heavy (non-hydrogen) atoms. The van der Waals surface area contributed by atoms with E-state index in [0.717, 1.165) is 0 Å². The highest BCUT2D eigenvalue weighted by Crippen LogP contribution is 2.36. The molecule has 0 atom stereocenters. The summed E-state index contributed by atoms with van der Waals surface area (Å²) in [6.07, 6.45) is 1.55. The summed E-state index contributed by atoms with van der Waals surface area (Å²) >= 11 is 4.95. The number of carbonyl (C=O) groups excluding carboxylic acids is 1. The Morgan fingerprint density at radius 1 is 1.30 bits per heavy atom. The average molecular weight is 349 g/mol. The molecule has 8 heteroatoms. The fraction of sp³-hybridized carbons (Fsp3) is 0.0667. The van der Waals surface area contributed by atoms with E-state index in [1.54, 1.807) is 37.5 Å². The maximum absolute atomic E-state index is 14.1. The molecule has 0 spiro atoms. The van der Waals surface area contributed by atoms with Crippen LogP contribution in [0.2, 0.25) is 0 Å². The van der Waals surface area contributed by atoms with Crippen molar-refractivity contribution in [2.24, 2.45) is 0 Å². The van der Waals surface area contributed by atoms with E-state index in [-0.39, 0.29) is 11.7 Å². The van der Waals surface area contributed by atoms with Crippen molar-refractivity contribution in [1.82, 2.24) is 9.71 Å². The van der Waals surface area contributed by atoms with Crippen molar-refractivity contribution in [2.45, 2.75) is 0 Å². The number of hydrogen-bond donors (Lipinski definition) is 3. The number of thiophene rings is 1. The van der Waals surface area contributed by atoms with E-state index < -0.39 is 5.82 Å². The Labute approximate surface area is 141 Å². The topological polar surface area (TPSA) is 63.2 Å². The summed E-state index contributed by atoms with van der Waals surface area (Å²) in [5, 5.41) is 2.86. The van der Waals surface area contributed by atoms with Crippen molar-refractivity contribution in [2.75, 3.05) is 12.4 Å². The quantitative estimate of drug-likeness (QED) is 0.626. The Bertz CT molecular complexity index is 882. The van der Waals surface area contributed by atoms with E-state index in [0.29, 0.717) is 26.5 Å². The average Bonchev–Trinajstić information content (AvgIpc) is 3.01. The number of nitrogens with zero attached hydrogens (tertiary/aromatic N) is 1. The highest BCUT2D eigenvalue weighted by Gasteiger charge is 2.15. The van der Waals surface area contributed by atoms with Gasteiger partial charge in [-0.25, -0.2) is 4.39 Å². The van der Waals surface area contributed by atoms with Gasteiger partial charge in [0.15, 0.2) is 11.6 Å². The van der Waals surface area contributed by atoms with E-state index in [9.17, 15) is 9.18 Å². The first-order valence-corrected chi connectivity index (χ1v) is 7.87. The second-order valence-corrected chi connectivity index (χ2v) is 5.85. The maximum Gasteiger partial charge on any atom is 0.271 e. The van der Waals surface area contributed by atoms with Crippen LogP contribution in [-0.4, -0.2) is 17.9 Å². The monoisotopic (exact) mass is 349 g/mol. The van der Waals surface area contributed by atoms with Gasteiger partial charge in [0.2, 0.25) is 0 Å². The van der Waals surface area contributed by atoms with Crippen LogP contribution in [0.3, 0.4) is 0 Å². The third-order valence-electron chi connectivity index (χ3n) is 3.14. The molecule has 0 unspecified atom stereocenters. The van der Waals surface area contributed by atoms with Gasteiger partial charge in [-0.15, -0.1) is 11.3 Å². The zero-order chi connectivity index (χ0) is 16.4. The summed E-state index contributed by atoms with van der Waals surface area (Å²) < 4.78 is 22.7. The molecule has 118 valence electrons. The van der Waals surface area contributed by atoms with Gasteiger partial charge >= 0.3 is 0 Å². The molecule has 1 amide bonds.